The molecule has 2 heterocycles. The molecule has 1 amide bonds. The van der Waals surface area contributed by atoms with E-state index in [9.17, 15) is 4.79 Å². The maximum absolute atomic E-state index is 12.5. The van der Waals surface area contributed by atoms with Crippen molar-refractivity contribution in [2.75, 3.05) is 39.9 Å². The van der Waals surface area contributed by atoms with E-state index >= 15 is 0 Å². The minimum atomic E-state index is 0.0162. The standard InChI is InChI=1S/C22H27N3O3/c1-3-4-18-5-6-20(21(15-18)27-2)28-17-22(26)25-13-11-24(12-14-25)16-19-7-9-23-10-8-19/h3-10,15H,11-14,16-17H2,1-2H3/p+1/b4-3+. The number of pyridine rings is 1. The highest BCUT2D eigenvalue weighted by Crippen LogP contribution is 2.28. The second-order valence-corrected chi connectivity index (χ2v) is 6.86. The second-order valence-electron chi connectivity index (χ2n) is 6.86. The lowest BCUT2D eigenvalue weighted by Crippen LogP contribution is -3.13. The number of amides is 1. The normalized spacial score (nSPS) is 15.0. The van der Waals surface area contributed by atoms with Gasteiger partial charge in [0, 0.05) is 18.0 Å². The van der Waals surface area contributed by atoms with Crippen molar-refractivity contribution in [1.29, 1.82) is 0 Å². The molecule has 6 nitrogen and oxygen atoms in total. The molecular formula is C22H28N3O3+. The topological polar surface area (TPSA) is 56.1 Å². The quantitative estimate of drug-likeness (QED) is 0.787. The molecule has 0 atom stereocenters. The third kappa shape index (κ3) is 5.33. The molecule has 148 valence electrons. The molecule has 0 aliphatic carbocycles. The van der Waals surface area contributed by atoms with Crippen LogP contribution in [0, 0.1) is 0 Å². The highest BCUT2D eigenvalue weighted by molar-refractivity contribution is 5.78. The number of piperazine rings is 1. The molecule has 0 bridgehead atoms. The highest BCUT2D eigenvalue weighted by Gasteiger charge is 2.24. The Bertz CT molecular complexity index is 800. The molecule has 1 saturated heterocycles. The van der Waals surface area contributed by atoms with E-state index in [1.165, 1.54) is 10.5 Å². The molecule has 1 aliphatic rings. The molecule has 1 fully saturated rings. The number of ether oxygens (including phenoxy) is 2. The number of hydrogen-bond acceptors (Lipinski definition) is 4. The lowest BCUT2D eigenvalue weighted by Gasteiger charge is -2.32. The number of carbonyl (C=O) groups is 1. The monoisotopic (exact) mass is 382 g/mol. The minimum Gasteiger partial charge on any atom is -0.493 e. The van der Waals surface area contributed by atoms with Gasteiger partial charge in [0.15, 0.2) is 18.1 Å². The SMILES string of the molecule is C/C=C/c1ccc(OCC(=O)N2CC[NH+](Cc3ccncc3)CC2)c(OC)c1. The third-order valence-electron chi connectivity index (χ3n) is 4.92. The van der Waals surface area contributed by atoms with Crippen LogP contribution in [-0.2, 0) is 11.3 Å². The highest BCUT2D eigenvalue weighted by atomic mass is 16.5. The predicted octanol–water partition coefficient (Wildman–Crippen LogP) is 1.43. The molecule has 1 aliphatic heterocycles. The molecule has 0 radical (unpaired) electrons. The second kappa shape index (κ2) is 9.90. The van der Waals surface area contributed by atoms with Crippen molar-refractivity contribution in [2.45, 2.75) is 13.5 Å². The molecule has 6 heteroatoms. The number of allylic oxidation sites excluding steroid dienone is 1. The summed E-state index contributed by atoms with van der Waals surface area (Å²) in [6, 6.07) is 9.80. The summed E-state index contributed by atoms with van der Waals surface area (Å²) in [6.45, 7) is 6.34. The van der Waals surface area contributed by atoms with E-state index in [2.05, 4.69) is 4.98 Å². The zero-order valence-corrected chi connectivity index (χ0v) is 16.6. The van der Waals surface area contributed by atoms with Gasteiger partial charge in [-0.2, -0.15) is 0 Å². The first kappa shape index (κ1) is 19.9. The Labute approximate surface area is 166 Å². The molecule has 3 rings (SSSR count). The van der Waals surface area contributed by atoms with Crippen molar-refractivity contribution in [3.05, 3.63) is 59.9 Å². The largest absolute Gasteiger partial charge is 0.493 e. The van der Waals surface area contributed by atoms with Gasteiger partial charge in [-0.15, -0.1) is 0 Å². The van der Waals surface area contributed by atoms with Crippen LogP contribution in [-0.4, -0.2) is 55.7 Å². The fourth-order valence-corrected chi connectivity index (χ4v) is 3.37. The summed E-state index contributed by atoms with van der Waals surface area (Å²) in [5.74, 6) is 1.24. The van der Waals surface area contributed by atoms with E-state index in [1.54, 1.807) is 7.11 Å². The number of nitrogens with zero attached hydrogens (tertiary/aromatic N) is 2. The smallest absolute Gasteiger partial charge is 0.260 e. The average Bonchev–Trinajstić information content (AvgIpc) is 2.74. The van der Waals surface area contributed by atoms with Crippen LogP contribution in [0.25, 0.3) is 6.08 Å². The van der Waals surface area contributed by atoms with Gasteiger partial charge in [0.2, 0.25) is 0 Å². The van der Waals surface area contributed by atoms with Crippen molar-refractivity contribution in [2.24, 2.45) is 0 Å². The van der Waals surface area contributed by atoms with E-state index in [-0.39, 0.29) is 12.5 Å². The summed E-state index contributed by atoms with van der Waals surface area (Å²) < 4.78 is 11.1. The Morgan fingerprint density at radius 3 is 2.61 bits per heavy atom. The molecule has 1 aromatic heterocycles. The number of rotatable bonds is 7. The summed E-state index contributed by atoms with van der Waals surface area (Å²) >= 11 is 0. The van der Waals surface area contributed by atoms with Gasteiger partial charge < -0.3 is 19.3 Å². The van der Waals surface area contributed by atoms with E-state index in [0.717, 1.165) is 38.3 Å². The Kier molecular flexibility index (Phi) is 7.03. The summed E-state index contributed by atoms with van der Waals surface area (Å²) in [7, 11) is 1.61. The molecule has 0 unspecified atom stereocenters. The van der Waals surface area contributed by atoms with Crippen molar-refractivity contribution in [3.63, 3.8) is 0 Å². The van der Waals surface area contributed by atoms with Gasteiger partial charge in [0.05, 0.1) is 33.3 Å². The zero-order valence-electron chi connectivity index (χ0n) is 16.6. The summed E-state index contributed by atoms with van der Waals surface area (Å²) in [5, 5.41) is 0. The minimum absolute atomic E-state index is 0.0162. The van der Waals surface area contributed by atoms with E-state index in [4.69, 9.17) is 9.47 Å². The average molecular weight is 382 g/mol. The van der Waals surface area contributed by atoms with E-state index < -0.39 is 0 Å². The zero-order chi connectivity index (χ0) is 19.8. The van der Waals surface area contributed by atoms with Gasteiger partial charge in [0.1, 0.15) is 6.54 Å². The van der Waals surface area contributed by atoms with Crippen LogP contribution in [0.1, 0.15) is 18.1 Å². The fraction of sp³-hybridized carbons (Fsp3) is 0.364. The van der Waals surface area contributed by atoms with Gasteiger partial charge in [0.25, 0.3) is 5.91 Å². The Morgan fingerprint density at radius 2 is 1.93 bits per heavy atom. The van der Waals surface area contributed by atoms with E-state index in [0.29, 0.717) is 11.5 Å². The van der Waals surface area contributed by atoms with Gasteiger partial charge >= 0.3 is 0 Å². The number of carbonyl (C=O) groups excluding carboxylic acids is 1. The van der Waals surface area contributed by atoms with Crippen molar-refractivity contribution < 1.29 is 19.2 Å². The van der Waals surface area contributed by atoms with Crippen LogP contribution in [0.15, 0.2) is 48.8 Å². The van der Waals surface area contributed by atoms with Gasteiger partial charge in [-0.05, 0) is 36.8 Å². The molecule has 0 spiro atoms. The van der Waals surface area contributed by atoms with Crippen LogP contribution in [0.4, 0.5) is 0 Å². The van der Waals surface area contributed by atoms with Crippen LogP contribution >= 0.6 is 0 Å². The Hall–Kier alpha value is -2.86. The van der Waals surface area contributed by atoms with Crippen molar-refractivity contribution >= 4 is 12.0 Å². The molecule has 1 aromatic carbocycles. The van der Waals surface area contributed by atoms with Crippen LogP contribution in [0.5, 0.6) is 11.5 Å². The van der Waals surface area contributed by atoms with Gasteiger partial charge in [-0.1, -0.05) is 18.2 Å². The van der Waals surface area contributed by atoms with Crippen LogP contribution in [0.2, 0.25) is 0 Å². The first-order chi connectivity index (χ1) is 13.7. The van der Waals surface area contributed by atoms with Gasteiger partial charge in [-0.25, -0.2) is 0 Å². The van der Waals surface area contributed by atoms with E-state index in [1.807, 2.05) is 66.7 Å². The number of quaternary nitrogens is 1. The van der Waals surface area contributed by atoms with Gasteiger partial charge in [-0.3, -0.25) is 9.78 Å². The number of benzene rings is 1. The first-order valence-electron chi connectivity index (χ1n) is 9.63. The number of methoxy groups -OCH3 is 1. The number of aromatic nitrogens is 1. The summed E-state index contributed by atoms with van der Waals surface area (Å²) in [6.07, 6.45) is 7.61. The molecular weight excluding hydrogens is 354 g/mol. The third-order valence-corrected chi connectivity index (χ3v) is 4.92. The van der Waals surface area contributed by atoms with Crippen molar-refractivity contribution in [1.82, 2.24) is 9.88 Å². The maximum atomic E-state index is 12.5. The fourth-order valence-electron chi connectivity index (χ4n) is 3.37. The maximum Gasteiger partial charge on any atom is 0.260 e. The molecule has 0 saturated carbocycles. The Morgan fingerprint density at radius 1 is 1.18 bits per heavy atom. The number of hydrogen-bond donors (Lipinski definition) is 1. The molecule has 2 aromatic rings. The Balaban J connectivity index is 1.48. The lowest BCUT2D eigenvalue weighted by molar-refractivity contribution is -0.917. The van der Waals surface area contributed by atoms with Crippen LogP contribution < -0.4 is 14.4 Å². The first-order valence-corrected chi connectivity index (χ1v) is 9.63. The predicted molar refractivity (Wildman–Crippen MR) is 108 cm³/mol. The number of nitrogens with one attached hydrogen (secondary N) is 1. The van der Waals surface area contributed by atoms with Crippen LogP contribution in [0.3, 0.4) is 0 Å². The lowest BCUT2D eigenvalue weighted by atomic mass is 10.2. The summed E-state index contributed by atoms with van der Waals surface area (Å²) in [5.41, 5.74) is 2.31. The molecule has 28 heavy (non-hydrogen) atoms. The van der Waals surface area contributed by atoms with Crippen molar-refractivity contribution in [3.8, 4) is 11.5 Å². The summed E-state index contributed by atoms with van der Waals surface area (Å²) in [4.78, 5) is 20.0. The molecule has 1 N–H and O–H groups in total.